The van der Waals surface area contributed by atoms with Crippen molar-refractivity contribution in [3.8, 4) is 0 Å². The van der Waals surface area contributed by atoms with Crippen molar-refractivity contribution in [2.24, 2.45) is 0 Å². The van der Waals surface area contributed by atoms with E-state index >= 15 is 0 Å². The van der Waals surface area contributed by atoms with E-state index in [9.17, 15) is 9.59 Å². The van der Waals surface area contributed by atoms with Crippen LogP contribution in [-0.2, 0) is 16.0 Å². The lowest BCUT2D eigenvalue weighted by atomic mass is 9.99. The van der Waals surface area contributed by atoms with Gasteiger partial charge in [-0.1, -0.05) is 60.7 Å². The largest absolute Gasteiger partial charge is 0.480 e. The average molecular weight is 340 g/mol. The maximum absolute atomic E-state index is 12.4. The first-order valence-corrected chi connectivity index (χ1v) is 8.28. The summed E-state index contributed by atoms with van der Waals surface area (Å²) < 4.78 is 0. The first kappa shape index (κ1) is 18.7. The Morgan fingerprint density at radius 3 is 2.16 bits per heavy atom. The van der Waals surface area contributed by atoms with Crippen molar-refractivity contribution in [1.29, 1.82) is 0 Å². The molecule has 25 heavy (non-hydrogen) atoms. The topological polar surface area (TPSA) is 69.6 Å². The Morgan fingerprint density at radius 2 is 1.60 bits per heavy atom. The zero-order chi connectivity index (χ0) is 18.2. The van der Waals surface area contributed by atoms with Gasteiger partial charge in [-0.3, -0.25) is 14.5 Å². The zero-order valence-corrected chi connectivity index (χ0v) is 14.6. The van der Waals surface area contributed by atoms with Crippen molar-refractivity contribution in [1.82, 2.24) is 10.2 Å². The molecule has 2 unspecified atom stereocenters. The normalized spacial score (nSPS) is 13.2. The van der Waals surface area contributed by atoms with Crippen molar-refractivity contribution >= 4 is 11.9 Å². The second-order valence-electron chi connectivity index (χ2n) is 6.15. The molecule has 0 saturated carbocycles. The Hall–Kier alpha value is -2.66. The lowest BCUT2D eigenvalue weighted by molar-refractivity contribution is -0.142. The number of hydrogen-bond donors (Lipinski definition) is 2. The van der Waals surface area contributed by atoms with Crippen LogP contribution in [0, 0.1) is 0 Å². The Kier molecular flexibility index (Phi) is 6.71. The molecule has 5 heteroatoms. The van der Waals surface area contributed by atoms with Gasteiger partial charge in [-0.05, 0) is 31.5 Å². The number of aliphatic carboxylic acids is 1. The minimum Gasteiger partial charge on any atom is -0.480 e. The van der Waals surface area contributed by atoms with Crippen LogP contribution >= 0.6 is 0 Å². The minimum absolute atomic E-state index is 0.0333. The summed E-state index contributed by atoms with van der Waals surface area (Å²) in [4.78, 5) is 25.0. The van der Waals surface area contributed by atoms with Crippen molar-refractivity contribution in [2.75, 3.05) is 13.6 Å². The van der Waals surface area contributed by atoms with Crippen LogP contribution in [-0.4, -0.2) is 41.5 Å². The zero-order valence-electron chi connectivity index (χ0n) is 14.6. The summed E-state index contributed by atoms with van der Waals surface area (Å²) in [5.41, 5.74) is 2.15. The van der Waals surface area contributed by atoms with Crippen molar-refractivity contribution in [3.63, 3.8) is 0 Å². The monoisotopic (exact) mass is 340 g/mol. The standard InChI is InChI=1S/C20H24N2O3/c1-15(20(24)25)22(2)14-19(23)21-18(17-11-7-4-8-12-17)13-16-9-5-3-6-10-16/h3-12,15,18H,13-14H2,1-2H3,(H,21,23)(H,24,25). The fraction of sp³-hybridized carbons (Fsp3) is 0.300. The summed E-state index contributed by atoms with van der Waals surface area (Å²) >= 11 is 0. The lowest BCUT2D eigenvalue weighted by Gasteiger charge is -2.24. The average Bonchev–Trinajstić information content (AvgIpc) is 2.62. The molecule has 0 spiro atoms. The van der Waals surface area contributed by atoms with Crippen LogP contribution < -0.4 is 5.32 Å². The molecular weight excluding hydrogens is 316 g/mol. The van der Waals surface area contributed by atoms with Crippen LogP contribution in [0.1, 0.15) is 24.1 Å². The molecule has 0 aliphatic heterocycles. The molecule has 0 heterocycles. The molecule has 0 fully saturated rings. The quantitative estimate of drug-likeness (QED) is 0.775. The van der Waals surface area contributed by atoms with E-state index in [1.165, 1.54) is 4.90 Å². The Bertz CT molecular complexity index is 689. The Balaban J connectivity index is 2.08. The lowest BCUT2D eigenvalue weighted by Crippen LogP contribution is -2.43. The number of carboxylic acids is 1. The molecule has 2 aromatic rings. The molecule has 0 aliphatic rings. The third-order valence-electron chi connectivity index (χ3n) is 4.23. The number of benzene rings is 2. The van der Waals surface area contributed by atoms with Gasteiger partial charge in [-0.25, -0.2) is 0 Å². The number of carbonyl (C=O) groups excluding carboxylic acids is 1. The first-order chi connectivity index (χ1) is 12.0. The van der Waals surface area contributed by atoms with E-state index in [0.29, 0.717) is 6.42 Å². The first-order valence-electron chi connectivity index (χ1n) is 8.28. The summed E-state index contributed by atoms with van der Waals surface area (Å²) in [6, 6.07) is 18.9. The van der Waals surface area contributed by atoms with E-state index in [1.807, 2.05) is 60.7 Å². The van der Waals surface area contributed by atoms with Crippen molar-refractivity contribution < 1.29 is 14.7 Å². The number of carboxylic acid groups (broad SMARTS) is 1. The van der Waals surface area contributed by atoms with Gasteiger partial charge in [0.1, 0.15) is 6.04 Å². The van der Waals surface area contributed by atoms with Crippen LogP contribution in [0.3, 0.4) is 0 Å². The van der Waals surface area contributed by atoms with Gasteiger partial charge in [-0.15, -0.1) is 0 Å². The van der Waals surface area contributed by atoms with Crippen molar-refractivity contribution in [3.05, 3.63) is 71.8 Å². The predicted octanol–water partition coefficient (Wildman–Crippen LogP) is 2.49. The van der Waals surface area contributed by atoms with E-state index < -0.39 is 12.0 Å². The highest BCUT2D eigenvalue weighted by molar-refractivity contribution is 5.80. The second-order valence-corrected chi connectivity index (χ2v) is 6.15. The van der Waals surface area contributed by atoms with Gasteiger partial charge in [0.2, 0.25) is 5.91 Å². The molecule has 2 atom stereocenters. The fourth-order valence-corrected chi connectivity index (χ4v) is 2.58. The number of carbonyl (C=O) groups is 2. The second kappa shape index (κ2) is 8.99. The van der Waals surface area contributed by atoms with E-state index in [-0.39, 0.29) is 18.5 Å². The molecule has 0 aliphatic carbocycles. The van der Waals surface area contributed by atoms with Gasteiger partial charge in [-0.2, -0.15) is 0 Å². The molecule has 0 bridgehead atoms. The predicted molar refractivity (Wildman–Crippen MR) is 97.2 cm³/mol. The van der Waals surface area contributed by atoms with E-state index in [1.54, 1.807) is 14.0 Å². The van der Waals surface area contributed by atoms with Gasteiger partial charge >= 0.3 is 5.97 Å². The van der Waals surface area contributed by atoms with Crippen LogP contribution in [0.25, 0.3) is 0 Å². The van der Waals surface area contributed by atoms with Crippen LogP contribution in [0.4, 0.5) is 0 Å². The molecule has 2 rings (SSSR count). The number of hydrogen-bond acceptors (Lipinski definition) is 3. The molecular formula is C20H24N2O3. The summed E-state index contributed by atoms with van der Waals surface area (Å²) in [5.74, 6) is -1.14. The maximum atomic E-state index is 12.4. The van der Waals surface area contributed by atoms with E-state index in [2.05, 4.69) is 5.32 Å². The summed E-state index contributed by atoms with van der Waals surface area (Å²) in [6.45, 7) is 1.60. The highest BCUT2D eigenvalue weighted by atomic mass is 16.4. The molecule has 132 valence electrons. The number of rotatable bonds is 8. The summed E-state index contributed by atoms with van der Waals surface area (Å²) in [6.07, 6.45) is 0.675. The molecule has 0 aromatic heterocycles. The number of nitrogens with zero attached hydrogens (tertiary/aromatic N) is 1. The Labute approximate surface area is 148 Å². The third kappa shape index (κ3) is 5.72. The smallest absolute Gasteiger partial charge is 0.320 e. The highest BCUT2D eigenvalue weighted by Gasteiger charge is 2.21. The van der Waals surface area contributed by atoms with Crippen molar-refractivity contribution in [2.45, 2.75) is 25.4 Å². The molecule has 2 aromatic carbocycles. The van der Waals surface area contributed by atoms with Gasteiger partial charge in [0.25, 0.3) is 0 Å². The maximum Gasteiger partial charge on any atom is 0.320 e. The SMILES string of the molecule is CC(C(=O)O)N(C)CC(=O)NC(Cc1ccccc1)c1ccccc1. The van der Waals surface area contributed by atoms with Gasteiger partial charge in [0.05, 0.1) is 12.6 Å². The molecule has 5 nitrogen and oxygen atoms in total. The van der Waals surface area contributed by atoms with E-state index in [4.69, 9.17) is 5.11 Å². The minimum atomic E-state index is -0.945. The number of likely N-dealkylation sites (N-methyl/N-ethyl adjacent to an activating group) is 1. The van der Waals surface area contributed by atoms with Crippen LogP contribution in [0.5, 0.6) is 0 Å². The number of nitrogens with one attached hydrogen (secondary N) is 1. The highest BCUT2D eigenvalue weighted by Crippen LogP contribution is 2.18. The van der Waals surface area contributed by atoms with E-state index in [0.717, 1.165) is 11.1 Å². The van der Waals surface area contributed by atoms with Gasteiger partial charge < -0.3 is 10.4 Å². The Morgan fingerprint density at radius 1 is 1.04 bits per heavy atom. The van der Waals surface area contributed by atoms with Gasteiger partial charge in [0, 0.05) is 0 Å². The molecule has 0 radical (unpaired) electrons. The fourth-order valence-electron chi connectivity index (χ4n) is 2.58. The summed E-state index contributed by atoms with van der Waals surface area (Å²) in [5, 5.41) is 12.1. The number of amides is 1. The van der Waals surface area contributed by atoms with Crippen LogP contribution in [0.2, 0.25) is 0 Å². The molecule has 0 saturated heterocycles. The third-order valence-corrected chi connectivity index (χ3v) is 4.23. The molecule has 2 N–H and O–H groups in total. The van der Waals surface area contributed by atoms with Crippen LogP contribution in [0.15, 0.2) is 60.7 Å². The summed E-state index contributed by atoms with van der Waals surface area (Å²) in [7, 11) is 1.63. The van der Waals surface area contributed by atoms with Gasteiger partial charge in [0.15, 0.2) is 0 Å². The molecule has 1 amide bonds.